The van der Waals surface area contributed by atoms with Crippen molar-refractivity contribution in [2.24, 2.45) is 0 Å². The molecule has 1 atom stereocenters. The van der Waals surface area contributed by atoms with Gasteiger partial charge in [0, 0.05) is 17.1 Å². The van der Waals surface area contributed by atoms with Crippen LogP contribution in [0, 0.1) is 6.92 Å². The lowest BCUT2D eigenvalue weighted by Crippen LogP contribution is -2.39. The van der Waals surface area contributed by atoms with Crippen LogP contribution < -0.4 is 15.0 Å². The first-order valence-corrected chi connectivity index (χ1v) is 11.5. The van der Waals surface area contributed by atoms with Crippen LogP contribution in [0.1, 0.15) is 16.9 Å². The van der Waals surface area contributed by atoms with E-state index in [2.05, 4.69) is 5.32 Å². The molecule has 0 aliphatic carbocycles. The average Bonchev–Trinajstić information content (AvgIpc) is 3.33. The second kappa shape index (κ2) is 9.87. The number of imide groups is 1. The molecule has 0 bridgehead atoms. The molecule has 1 aromatic heterocycles. The highest BCUT2D eigenvalue weighted by Crippen LogP contribution is 2.28. The fourth-order valence-electron chi connectivity index (χ4n) is 3.85. The molecule has 4 rings (SSSR count). The minimum absolute atomic E-state index is 0.122. The normalized spacial score (nSPS) is 15.8. The van der Waals surface area contributed by atoms with Gasteiger partial charge in [-0.3, -0.25) is 9.59 Å². The number of carbonyl (C=O) groups excluding carboxylic acids is 3. The number of hydrogen-bond acceptors (Lipinski definition) is 5. The summed E-state index contributed by atoms with van der Waals surface area (Å²) in [5.74, 6) is -0.0457. The first-order chi connectivity index (χ1) is 16.0. The Hall–Kier alpha value is -3.65. The van der Waals surface area contributed by atoms with Crippen molar-refractivity contribution in [3.8, 4) is 5.75 Å². The van der Waals surface area contributed by atoms with Crippen molar-refractivity contribution in [3.05, 3.63) is 76.5 Å². The summed E-state index contributed by atoms with van der Waals surface area (Å²) in [6.07, 6.45) is 0.505. The van der Waals surface area contributed by atoms with E-state index in [1.165, 1.54) is 9.80 Å². The molecule has 0 saturated carbocycles. The number of hydrogen-bond donors (Lipinski definition) is 1. The average molecular weight is 464 g/mol. The number of carbonyl (C=O) groups is 3. The molecule has 8 heteroatoms. The Morgan fingerprint density at radius 3 is 2.42 bits per heavy atom. The van der Waals surface area contributed by atoms with Crippen molar-refractivity contribution in [2.45, 2.75) is 25.8 Å². The van der Waals surface area contributed by atoms with Gasteiger partial charge in [-0.05, 0) is 66.8 Å². The number of nitrogens with zero attached hydrogens (tertiary/aromatic N) is 2. The Balaban J connectivity index is 1.53. The highest BCUT2D eigenvalue weighted by molar-refractivity contribution is 7.10. The van der Waals surface area contributed by atoms with Crippen molar-refractivity contribution in [3.63, 3.8) is 0 Å². The van der Waals surface area contributed by atoms with Gasteiger partial charge in [0.2, 0.25) is 5.91 Å². The number of methoxy groups -OCH3 is 1. The number of para-hydroxylation sites is 1. The number of anilines is 2. The summed E-state index contributed by atoms with van der Waals surface area (Å²) < 4.78 is 5.14. The molecule has 1 aliphatic rings. The molecule has 0 spiro atoms. The predicted molar refractivity (Wildman–Crippen MR) is 129 cm³/mol. The highest BCUT2D eigenvalue weighted by Gasteiger charge is 2.46. The molecule has 1 fully saturated rings. The minimum atomic E-state index is -0.865. The van der Waals surface area contributed by atoms with E-state index < -0.39 is 12.1 Å². The predicted octanol–water partition coefficient (Wildman–Crippen LogP) is 4.47. The van der Waals surface area contributed by atoms with E-state index in [4.69, 9.17) is 4.74 Å². The van der Waals surface area contributed by atoms with Gasteiger partial charge in [-0.25, -0.2) is 9.69 Å². The van der Waals surface area contributed by atoms with Gasteiger partial charge in [0.05, 0.1) is 19.2 Å². The summed E-state index contributed by atoms with van der Waals surface area (Å²) in [5, 5.41) is 4.82. The minimum Gasteiger partial charge on any atom is -0.497 e. The van der Waals surface area contributed by atoms with Crippen molar-refractivity contribution in [1.29, 1.82) is 0 Å². The number of urea groups is 1. The van der Waals surface area contributed by atoms with Gasteiger partial charge in [-0.2, -0.15) is 0 Å². The number of amides is 4. The number of benzene rings is 2. The lowest BCUT2D eigenvalue weighted by atomic mass is 10.1. The largest absolute Gasteiger partial charge is 0.497 e. The topological polar surface area (TPSA) is 79.0 Å². The maximum atomic E-state index is 13.3. The van der Waals surface area contributed by atoms with Crippen LogP contribution in [0.2, 0.25) is 0 Å². The zero-order valence-corrected chi connectivity index (χ0v) is 19.3. The first-order valence-electron chi connectivity index (χ1n) is 10.6. The van der Waals surface area contributed by atoms with Crippen molar-refractivity contribution >= 4 is 40.6 Å². The molecule has 1 unspecified atom stereocenters. The maximum absolute atomic E-state index is 13.3. The molecule has 33 heavy (non-hydrogen) atoms. The third-order valence-corrected chi connectivity index (χ3v) is 6.72. The maximum Gasteiger partial charge on any atom is 0.332 e. The van der Waals surface area contributed by atoms with Gasteiger partial charge in [-0.1, -0.05) is 18.2 Å². The Bertz CT molecular complexity index is 1140. The monoisotopic (exact) mass is 463 g/mol. The van der Waals surface area contributed by atoms with Crippen molar-refractivity contribution < 1.29 is 19.1 Å². The lowest BCUT2D eigenvalue weighted by Gasteiger charge is -2.21. The first kappa shape index (κ1) is 22.5. The summed E-state index contributed by atoms with van der Waals surface area (Å²) in [7, 11) is 1.57. The number of nitrogens with one attached hydrogen (secondary N) is 1. The van der Waals surface area contributed by atoms with Crippen LogP contribution in [0.3, 0.4) is 0 Å². The standard InChI is InChI=1S/C25H25N3O4S/c1-17-13-15-33-22(17)12-14-27-21(16-23(29)26-18-8-10-20(32-2)11-9-18)24(30)28(25(27)31)19-6-4-3-5-7-19/h3-11,13,15,21H,12,14,16H2,1-2H3,(H,26,29). The molecule has 2 aromatic carbocycles. The molecule has 170 valence electrons. The Morgan fingerprint density at radius 2 is 1.79 bits per heavy atom. The van der Waals surface area contributed by atoms with Crippen LogP contribution in [0.5, 0.6) is 5.75 Å². The number of rotatable bonds is 8. The van der Waals surface area contributed by atoms with E-state index >= 15 is 0 Å². The second-order valence-electron chi connectivity index (χ2n) is 7.76. The smallest absolute Gasteiger partial charge is 0.332 e. The van der Waals surface area contributed by atoms with Gasteiger partial charge in [0.25, 0.3) is 5.91 Å². The summed E-state index contributed by atoms with van der Waals surface area (Å²) >= 11 is 1.63. The highest BCUT2D eigenvalue weighted by atomic mass is 32.1. The van der Waals surface area contributed by atoms with Crippen LogP contribution in [0.25, 0.3) is 0 Å². The summed E-state index contributed by atoms with van der Waals surface area (Å²) in [6, 6.07) is 16.5. The van der Waals surface area contributed by atoms with Crippen LogP contribution in [-0.4, -0.2) is 42.4 Å². The SMILES string of the molecule is COc1ccc(NC(=O)CC2C(=O)N(c3ccccc3)C(=O)N2CCc2sccc2C)cc1. The van der Waals surface area contributed by atoms with Crippen molar-refractivity contribution in [1.82, 2.24) is 4.90 Å². The van der Waals surface area contributed by atoms with Crippen LogP contribution >= 0.6 is 11.3 Å². The van der Waals surface area contributed by atoms with Gasteiger partial charge < -0.3 is 15.0 Å². The van der Waals surface area contributed by atoms with Crippen LogP contribution in [0.15, 0.2) is 66.0 Å². The van der Waals surface area contributed by atoms with E-state index in [-0.39, 0.29) is 18.2 Å². The molecule has 7 nitrogen and oxygen atoms in total. The number of aryl methyl sites for hydroxylation is 1. The Morgan fingerprint density at radius 1 is 1.06 bits per heavy atom. The van der Waals surface area contributed by atoms with E-state index in [1.54, 1.807) is 67.0 Å². The quantitative estimate of drug-likeness (QED) is 0.500. The third-order valence-electron chi connectivity index (χ3n) is 5.63. The summed E-state index contributed by atoms with van der Waals surface area (Å²) in [5.41, 5.74) is 2.26. The van der Waals surface area contributed by atoms with E-state index in [9.17, 15) is 14.4 Å². The van der Waals surface area contributed by atoms with Gasteiger partial charge in [-0.15, -0.1) is 11.3 Å². The van der Waals surface area contributed by atoms with Crippen molar-refractivity contribution in [2.75, 3.05) is 23.9 Å². The number of thiophene rings is 1. The molecular weight excluding hydrogens is 438 g/mol. The Kier molecular flexibility index (Phi) is 6.74. The molecule has 4 amide bonds. The van der Waals surface area contributed by atoms with Gasteiger partial charge >= 0.3 is 6.03 Å². The van der Waals surface area contributed by atoms with E-state index in [1.807, 2.05) is 24.4 Å². The van der Waals surface area contributed by atoms with Crippen LogP contribution in [-0.2, 0) is 16.0 Å². The molecule has 1 aliphatic heterocycles. The molecule has 3 aromatic rings. The number of ether oxygens (including phenoxy) is 1. The van der Waals surface area contributed by atoms with Gasteiger partial charge in [0.15, 0.2) is 0 Å². The Labute approximate surface area is 196 Å². The molecular formula is C25H25N3O4S. The fourth-order valence-corrected chi connectivity index (χ4v) is 4.75. The van der Waals surface area contributed by atoms with E-state index in [0.29, 0.717) is 30.1 Å². The van der Waals surface area contributed by atoms with E-state index in [0.717, 1.165) is 10.4 Å². The summed E-state index contributed by atoms with van der Waals surface area (Å²) in [6.45, 7) is 2.38. The zero-order valence-electron chi connectivity index (χ0n) is 18.5. The van der Waals surface area contributed by atoms with Gasteiger partial charge in [0.1, 0.15) is 11.8 Å². The fraction of sp³-hybridized carbons (Fsp3) is 0.240. The lowest BCUT2D eigenvalue weighted by molar-refractivity contribution is -0.124. The zero-order chi connectivity index (χ0) is 23.4. The summed E-state index contributed by atoms with van der Waals surface area (Å²) in [4.78, 5) is 43.2. The molecule has 2 heterocycles. The molecule has 0 radical (unpaired) electrons. The molecule has 1 N–H and O–H groups in total. The molecule has 1 saturated heterocycles. The third kappa shape index (κ3) is 4.90. The second-order valence-corrected chi connectivity index (χ2v) is 8.76. The van der Waals surface area contributed by atoms with Crippen LogP contribution in [0.4, 0.5) is 16.2 Å².